The molecule has 4 N–H and O–H groups in total. The molecule has 0 atom stereocenters. The Hall–Kier alpha value is -4.98. The normalized spacial score (nSPS) is 10.8. The van der Waals surface area contributed by atoms with E-state index in [1.54, 1.807) is 6.07 Å². The molecule has 200 valence electrons. The fourth-order valence-corrected chi connectivity index (χ4v) is 5.43. The summed E-state index contributed by atoms with van der Waals surface area (Å²) in [5.41, 5.74) is 8.79. The second-order valence-electron chi connectivity index (χ2n) is 8.24. The summed E-state index contributed by atoms with van der Waals surface area (Å²) >= 11 is 1.00. The highest BCUT2D eigenvalue weighted by atomic mass is 32.2. The zero-order chi connectivity index (χ0) is 28.7. The molecule has 2 aromatic carbocycles. The van der Waals surface area contributed by atoms with Gasteiger partial charge < -0.3 is 11.1 Å². The molecular weight excluding hydrogens is 548 g/mol. The maximum atomic E-state index is 12.7. The van der Waals surface area contributed by atoms with Crippen LogP contribution in [-0.2, 0) is 21.2 Å². The molecule has 1 amide bonds. The standard InChI is InChI=1S/C27H22N8O3S2/c1-2-17-4-6-18(7-5-17)24-21(14-28)25(30)34-26(22(24)15-29)39-16-23(36)33-19-8-10-20(11-9-19)40(37,38)35-27-31-12-3-13-32-27/h3-13H,2,16H2,1H3,(H2,30,34)(H,33,36)(H,31,32,35). The third-order valence-corrected chi connectivity index (χ3v) is 7.97. The summed E-state index contributed by atoms with van der Waals surface area (Å²) in [6.07, 6.45) is 3.66. The van der Waals surface area contributed by atoms with E-state index in [9.17, 15) is 23.7 Å². The summed E-state index contributed by atoms with van der Waals surface area (Å²) in [4.78, 5) is 24.5. The van der Waals surface area contributed by atoms with Crippen molar-refractivity contribution in [2.24, 2.45) is 0 Å². The molecule has 4 aromatic rings. The maximum Gasteiger partial charge on any atom is 0.264 e. The molecule has 0 bridgehead atoms. The van der Waals surface area contributed by atoms with E-state index in [4.69, 9.17) is 5.73 Å². The van der Waals surface area contributed by atoms with Gasteiger partial charge in [-0.05, 0) is 47.9 Å². The SMILES string of the molecule is CCc1ccc(-c2c(C#N)c(N)nc(SCC(=O)Nc3ccc(S(=O)(=O)Nc4ncccn4)cc3)c2C#N)cc1. The molecule has 0 aliphatic heterocycles. The highest BCUT2D eigenvalue weighted by molar-refractivity contribution is 8.00. The lowest BCUT2D eigenvalue weighted by molar-refractivity contribution is -0.113. The number of nitrogen functional groups attached to an aromatic ring is 1. The monoisotopic (exact) mass is 570 g/mol. The Kier molecular flexibility index (Phi) is 8.59. The van der Waals surface area contributed by atoms with Crippen LogP contribution in [0.4, 0.5) is 17.5 Å². The summed E-state index contributed by atoms with van der Waals surface area (Å²) in [6.45, 7) is 2.02. The molecule has 2 aromatic heterocycles. The predicted molar refractivity (Wildman–Crippen MR) is 152 cm³/mol. The summed E-state index contributed by atoms with van der Waals surface area (Å²) in [7, 11) is -3.92. The first kappa shape index (κ1) is 28.0. The van der Waals surface area contributed by atoms with E-state index < -0.39 is 15.9 Å². The Morgan fingerprint density at radius 3 is 2.25 bits per heavy atom. The van der Waals surface area contributed by atoms with Crippen LogP contribution in [0, 0.1) is 22.7 Å². The zero-order valence-electron chi connectivity index (χ0n) is 21.1. The van der Waals surface area contributed by atoms with Crippen molar-refractivity contribution in [3.05, 3.63) is 83.7 Å². The first-order valence-electron chi connectivity index (χ1n) is 11.8. The third kappa shape index (κ3) is 6.35. The van der Waals surface area contributed by atoms with E-state index in [1.807, 2.05) is 37.3 Å². The van der Waals surface area contributed by atoms with Crippen LogP contribution >= 0.6 is 11.8 Å². The molecular formula is C27H22N8O3S2. The molecule has 0 fully saturated rings. The lowest BCUT2D eigenvalue weighted by Crippen LogP contribution is -2.16. The average Bonchev–Trinajstić information content (AvgIpc) is 2.96. The van der Waals surface area contributed by atoms with Crippen LogP contribution in [0.15, 0.2) is 76.9 Å². The molecule has 0 radical (unpaired) electrons. The Morgan fingerprint density at radius 2 is 1.65 bits per heavy atom. The van der Waals surface area contributed by atoms with Gasteiger partial charge in [-0.15, -0.1) is 0 Å². The fraction of sp³-hybridized carbons (Fsp3) is 0.111. The first-order valence-corrected chi connectivity index (χ1v) is 14.3. The molecule has 40 heavy (non-hydrogen) atoms. The number of pyridine rings is 1. The second-order valence-corrected chi connectivity index (χ2v) is 10.9. The van der Waals surface area contributed by atoms with Gasteiger partial charge >= 0.3 is 0 Å². The number of nitrogens with zero attached hydrogens (tertiary/aromatic N) is 5. The quantitative estimate of drug-likeness (QED) is 0.249. The lowest BCUT2D eigenvalue weighted by atomic mass is 9.96. The number of nitrogens with two attached hydrogens (primary N) is 1. The van der Waals surface area contributed by atoms with Gasteiger partial charge in [0.2, 0.25) is 11.9 Å². The number of benzene rings is 2. The van der Waals surface area contributed by atoms with Crippen molar-refractivity contribution >= 4 is 45.1 Å². The second kappa shape index (κ2) is 12.3. The van der Waals surface area contributed by atoms with Gasteiger partial charge in [-0.1, -0.05) is 43.0 Å². The lowest BCUT2D eigenvalue weighted by Gasteiger charge is -2.13. The third-order valence-electron chi connectivity index (χ3n) is 5.65. The number of aromatic nitrogens is 3. The Bertz CT molecular complexity index is 1730. The van der Waals surface area contributed by atoms with E-state index in [0.717, 1.165) is 23.7 Å². The number of thioether (sulfide) groups is 1. The summed E-state index contributed by atoms with van der Waals surface area (Å²) < 4.78 is 27.4. The van der Waals surface area contributed by atoms with Crippen LogP contribution in [0.2, 0.25) is 0 Å². The fourth-order valence-electron chi connectivity index (χ4n) is 3.68. The summed E-state index contributed by atoms with van der Waals surface area (Å²) in [5.74, 6) is -0.634. The zero-order valence-corrected chi connectivity index (χ0v) is 22.8. The van der Waals surface area contributed by atoms with Gasteiger partial charge in [-0.3, -0.25) is 4.79 Å². The van der Waals surface area contributed by atoms with Crippen LogP contribution in [-0.4, -0.2) is 35.0 Å². The van der Waals surface area contributed by atoms with Gasteiger partial charge in [0.1, 0.15) is 28.5 Å². The number of carbonyl (C=O) groups excluding carboxylic acids is 1. The van der Waals surface area contributed by atoms with Gasteiger partial charge in [0.15, 0.2) is 0 Å². The van der Waals surface area contributed by atoms with Crippen molar-refractivity contribution in [2.75, 3.05) is 21.5 Å². The van der Waals surface area contributed by atoms with Crippen LogP contribution < -0.4 is 15.8 Å². The van der Waals surface area contributed by atoms with Gasteiger partial charge in [0.05, 0.1) is 16.2 Å². The molecule has 13 heteroatoms. The minimum absolute atomic E-state index is 0.0368. The number of hydrogen-bond donors (Lipinski definition) is 3. The van der Waals surface area contributed by atoms with Crippen molar-refractivity contribution < 1.29 is 13.2 Å². The maximum absolute atomic E-state index is 12.7. The van der Waals surface area contributed by atoms with Gasteiger partial charge in [0, 0.05) is 23.6 Å². The highest BCUT2D eigenvalue weighted by Crippen LogP contribution is 2.35. The molecule has 0 spiro atoms. The van der Waals surface area contributed by atoms with E-state index in [2.05, 4.69) is 31.1 Å². The number of carbonyl (C=O) groups is 1. The van der Waals surface area contributed by atoms with E-state index >= 15 is 0 Å². The molecule has 0 saturated carbocycles. The molecule has 0 aliphatic rings. The summed E-state index contributed by atoms with van der Waals surface area (Å²) in [5, 5.41) is 22.5. The van der Waals surface area contributed by atoms with Gasteiger partial charge in [-0.25, -0.2) is 28.1 Å². The minimum Gasteiger partial charge on any atom is -0.383 e. The largest absolute Gasteiger partial charge is 0.383 e. The van der Waals surface area contributed by atoms with Crippen molar-refractivity contribution in [2.45, 2.75) is 23.3 Å². The van der Waals surface area contributed by atoms with Crippen LogP contribution in [0.25, 0.3) is 11.1 Å². The molecule has 0 aliphatic carbocycles. The molecule has 11 nitrogen and oxygen atoms in total. The topological polar surface area (TPSA) is 188 Å². The molecule has 0 unspecified atom stereocenters. The predicted octanol–water partition coefficient (Wildman–Crippen LogP) is 3.96. The number of sulfonamides is 1. The van der Waals surface area contributed by atoms with Gasteiger partial charge in [0.25, 0.3) is 10.0 Å². The Balaban J connectivity index is 1.48. The van der Waals surface area contributed by atoms with Crippen molar-refractivity contribution in [1.29, 1.82) is 10.5 Å². The highest BCUT2D eigenvalue weighted by Gasteiger charge is 2.21. The van der Waals surface area contributed by atoms with E-state index in [0.29, 0.717) is 16.8 Å². The molecule has 2 heterocycles. The Labute approximate surface area is 235 Å². The van der Waals surface area contributed by atoms with Crippen LogP contribution in [0.1, 0.15) is 23.6 Å². The number of nitrogens with one attached hydrogen (secondary N) is 2. The number of nitriles is 2. The van der Waals surface area contributed by atoms with Crippen LogP contribution in [0.3, 0.4) is 0 Å². The van der Waals surface area contributed by atoms with Crippen molar-refractivity contribution in [3.63, 3.8) is 0 Å². The molecule has 0 saturated heterocycles. The number of amides is 1. The number of anilines is 3. The smallest absolute Gasteiger partial charge is 0.264 e. The van der Waals surface area contributed by atoms with Crippen molar-refractivity contribution in [3.8, 4) is 23.3 Å². The number of aryl methyl sites for hydroxylation is 1. The first-order chi connectivity index (χ1) is 19.2. The van der Waals surface area contributed by atoms with E-state index in [-0.39, 0.29) is 38.6 Å². The minimum atomic E-state index is -3.92. The Morgan fingerprint density at radius 1 is 1.00 bits per heavy atom. The average molecular weight is 571 g/mol. The van der Waals surface area contributed by atoms with Gasteiger partial charge in [-0.2, -0.15) is 10.5 Å². The van der Waals surface area contributed by atoms with Crippen molar-refractivity contribution in [1.82, 2.24) is 15.0 Å². The van der Waals surface area contributed by atoms with Crippen LogP contribution in [0.5, 0.6) is 0 Å². The van der Waals surface area contributed by atoms with E-state index in [1.165, 1.54) is 36.7 Å². The summed E-state index contributed by atoms with van der Waals surface area (Å²) in [6, 6.07) is 18.7. The number of hydrogen-bond acceptors (Lipinski definition) is 10. The molecule has 4 rings (SSSR count). The number of rotatable bonds is 9.